The van der Waals surface area contributed by atoms with Gasteiger partial charge in [0.2, 0.25) is 0 Å². The first-order chi connectivity index (χ1) is 22.2. The maximum absolute atomic E-state index is 13.5. The highest BCUT2D eigenvalue weighted by molar-refractivity contribution is 7.91. The van der Waals surface area contributed by atoms with Gasteiger partial charge in [-0.1, -0.05) is 29.8 Å². The minimum Gasteiger partial charge on any atom is -0.487 e. The number of ether oxygens (including phenoxy) is 1. The number of hydrogen-bond acceptors (Lipinski definition) is 11. The van der Waals surface area contributed by atoms with E-state index in [0.29, 0.717) is 44.7 Å². The Hall–Kier alpha value is -4.56. The van der Waals surface area contributed by atoms with E-state index >= 15 is 0 Å². The Morgan fingerprint density at radius 3 is 2.70 bits per heavy atom. The van der Waals surface area contributed by atoms with E-state index in [9.17, 15) is 12.8 Å². The number of pyridine rings is 2. The van der Waals surface area contributed by atoms with Crippen LogP contribution in [0.3, 0.4) is 0 Å². The maximum atomic E-state index is 13.5. The van der Waals surface area contributed by atoms with E-state index < -0.39 is 9.84 Å². The van der Waals surface area contributed by atoms with E-state index in [2.05, 4.69) is 30.6 Å². The van der Waals surface area contributed by atoms with Crippen molar-refractivity contribution < 1.29 is 17.5 Å². The van der Waals surface area contributed by atoms with Crippen LogP contribution in [0, 0.1) is 5.82 Å². The predicted molar refractivity (Wildman–Crippen MR) is 177 cm³/mol. The Balaban J connectivity index is 1.13. The first kappa shape index (κ1) is 31.4. The molecule has 0 spiro atoms. The van der Waals surface area contributed by atoms with Gasteiger partial charge in [0.15, 0.2) is 14.9 Å². The van der Waals surface area contributed by atoms with E-state index in [-0.39, 0.29) is 35.8 Å². The van der Waals surface area contributed by atoms with Gasteiger partial charge in [-0.3, -0.25) is 4.98 Å². The van der Waals surface area contributed by atoms with Gasteiger partial charge in [-0.15, -0.1) is 11.3 Å². The monoisotopic (exact) mass is 675 g/mol. The van der Waals surface area contributed by atoms with Gasteiger partial charge in [-0.25, -0.2) is 32.7 Å². The average molecular weight is 676 g/mol. The van der Waals surface area contributed by atoms with Crippen molar-refractivity contribution in [3.8, 4) is 17.1 Å². The first-order valence-corrected chi connectivity index (χ1v) is 17.0. The second-order valence-electron chi connectivity index (χ2n) is 10.2. The van der Waals surface area contributed by atoms with Crippen molar-refractivity contribution in [3.05, 3.63) is 112 Å². The molecule has 0 saturated carbocycles. The normalized spacial score (nSPS) is 12.2. The molecule has 2 aromatic carbocycles. The molecule has 6 aromatic rings. The lowest BCUT2D eigenvalue weighted by molar-refractivity contribution is 0.306. The molecule has 6 rings (SSSR count). The van der Waals surface area contributed by atoms with Crippen LogP contribution in [0.15, 0.2) is 95.9 Å². The molecule has 14 heteroatoms. The number of sulfone groups is 1. The number of rotatable bonds is 12. The Morgan fingerprint density at radius 2 is 1.89 bits per heavy atom. The largest absolute Gasteiger partial charge is 0.487 e. The molecule has 0 aliphatic rings. The van der Waals surface area contributed by atoms with Gasteiger partial charge in [0.25, 0.3) is 0 Å². The van der Waals surface area contributed by atoms with Crippen molar-refractivity contribution in [3.63, 3.8) is 0 Å². The lowest BCUT2D eigenvalue weighted by Gasteiger charge is -2.12. The van der Waals surface area contributed by atoms with Gasteiger partial charge in [0.05, 0.1) is 39.9 Å². The van der Waals surface area contributed by atoms with Gasteiger partial charge in [-0.05, 0) is 61.0 Å². The average Bonchev–Trinajstić information content (AvgIpc) is 3.56. The minimum absolute atomic E-state index is 0.0629. The lowest BCUT2D eigenvalue weighted by Crippen LogP contribution is -2.26. The molecule has 1 atom stereocenters. The highest BCUT2D eigenvalue weighted by atomic mass is 35.5. The van der Waals surface area contributed by atoms with Crippen molar-refractivity contribution in [1.29, 1.82) is 0 Å². The number of hydrogen-bond donors (Lipinski definition) is 2. The summed E-state index contributed by atoms with van der Waals surface area (Å²) < 4.78 is 44.4. The molecule has 0 radical (unpaired) electrons. The maximum Gasteiger partial charge on any atom is 0.196 e. The molecule has 4 aromatic heterocycles. The summed E-state index contributed by atoms with van der Waals surface area (Å²) in [5.74, 6) is 0.614. The van der Waals surface area contributed by atoms with Crippen molar-refractivity contribution in [1.82, 2.24) is 30.2 Å². The SMILES string of the molecule is CC(NCCS(=O)(=O)c1ccccn1)c1nc(-c2cc3c(Nc4ccc(OCc5cccc(F)c5)c(Cl)c4)ncnc3cn2)cs1. The van der Waals surface area contributed by atoms with Gasteiger partial charge in [-0.2, -0.15) is 0 Å². The smallest absolute Gasteiger partial charge is 0.196 e. The highest BCUT2D eigenvalue weighted by Crippen LogP contribution is 2.32. The van der Waals surface area contributed by atoms with Crippen molar-refractivity contribution in [2.24, 2.45) is 0 Å². The standard InChI is InChI=1S/C32H27ClFN7O3S2/c1-20(35-11-12-46(42,43)30-7-2-3-10-36-30)32-41-28(18-45-32)26-15-24-27(16-37-26)38-19-39-31(24)40-23-8-9-29(25(33)14-23)44-17-21-5-4-6-22(34)13-21/h2-10,13-16,18-20,35H,11-12,17H2,1H3,(H,38,39,40). The zero-order valence-electron chi connectivity index (χ0n) is 24.4. The molecule has 46 heavy (non-hydrogen) atoms. The fourth-order valence-corrected chi connectivity index (χ4v) is 6.74. The van der Waals surface area contributed by atoms with Crippen LogP contribution < -0.4 is 15.4 Å². The topological polar surface area (TPSA) is 132 Å². The Labute approximate surface area is 273 Å². The van der Waals surface area contributed by atoms with Crippen LogP contribution in [0.1, 0.15) is 23.5 Å². The molecule has 0 aliphatic heterocycles. The molecule has 2 N–H and O–H groups in total. The number of nitrogens with one attached hydrogen (secondary N) is 2. The fraction of sp³-hybridized carbons (Fsp3) is 0.156. The Bertz CT molecular complexity index is 2100. The molecule has 4 heterocycles. The van der Waals surface area contributed by atoms with E-state index in [0.717, 1.165) is 10.4 Å². The number of halogens is 2. The Morgan fingerprint density at radius 1 is 1.00 bits per heavy atom. The van der Waals surface area contributed by atoms with Crippen LogP contribution in [0.25, 0.3) is 22.3 Å². The summed E-state index contributed by atoms with van der Waals surface area (Å²) in [6, 6.07) is 18.0. The Kier molecular flexibility index (Phi) is 9.45. The van der Waals surface area contributed by atoms with E-state index in [4.69, 9.17) is 21.3 Å². The summed E-state index contributed by atoms with van der Waals surface area (Å²) in [7, 11) is -3.49. The summed E-state index contributed by atoms with van der Waals surface area (Å²) in [5, 5.41) is 10.4. The van der Waals surface area contributed by atoms with Crippen LogP contribution in [-0.4, -0.2) is 45.6 Å². The number of nitrogens with zero attached hydrogens (tertiary/aromatic N) is 5. The van der Waals surface area contributed by atoms with Crippen LogP contribution in [0.4, 0.5) is 15.9 Å². The van der Waals surface area contributed by atoms with Gasteiger partial charge in [0.1, 0.15) is 35.3 Å². The van der Waals surface area contributed by atoms with Gasteiger partial charge >= 0.3 is 0 Å². The molecule has 0 amide bonds. The van der Waals surface area contributed by atoms with Crippen LogP contribution in [0.2, 0.25) is 5.02 Å². The quantitative estimate of drug-likeness (QED) is 0.143. The highest BCUT2D eigenvalue weighted by Gasteiger charge is 2.18. The van der Waals surface area contributed by atoms with Crippen molar-refractivity contribution in [2.45, 2.75) is 24.6 Å². The summed E-state index contributed by atoms with van der Waals surface area (Å²) in [6.45, 7) is 2.36. The molecule has 0 aliphatic carbocycles. The second kappa shape index (κ2) is 13.8. The zero-order chi connectivity index (χ0) is 32.1. The number of fused-ring (bicyclic) bond motifs is 1. The minimum atomic E-state index is -3.49. The third kappa shape index (κ3) is 7.45. The molecule has 1 unspecified atom stereocenters. The summed E-state index contributed by atoms with van der Waals surface area (Å²) in [5.41, 5.74) is 3.33. The molecular weight excluding hydrogens is 649 g/mol. The van der Waals surface area contributed by atoms with Gasteiger partial charge in [0, 0.05) is 29.2 Å². The van der Waals surface area contributed by atoms with E-state index in [1.54, 1.807) is 42.6 Å². The number of benzene rings is 2. The third-order valence-corrected chi connectivity index (χ3v) is 9.88. The molecule has 0 bridgehead atoms. The molecule has 234 valence electrons. The van der Waals surface area contributed by atoms with Crippen LogP contribution in [0.5, 0.6) is 5.75 Å². The van der Waals surface area contributed by atoms with Crippen LogP contribution >= 0.6 is 22.9 Å². The first-order valence-electron chi connectivity index (χ1n) is 14.1. The second-order valence-corrected chi connectivity index (χ2v) is 13.6. The number of anilines is 2. The zero-order valence-corrected chi connectivity index (χ0v) is 26.8. The van der Waals surface area contributed by atoms with Gasteiger partial charge < -0.3 is 15.4 Å². The summed E-state index contributed by atoms with van der Waals surface area (Å²) >= 11 is 7.96. The van der Waals surface area contributed by atoms with Crippen molar-refractivity contribution in [2.75, 3.05) is 17.6 Å². The summed E-state index contributed by atoms with van der Waals surface area (Å²) in [4.78, 5) is 22.1. The molecule has 0 fully saturated rings. The van der Waals surface area contributed by atoms with E-state index in [1.165, 1.54) is 42.1 Å². The molecular formula is C32H27ClFN7O3S2. The third-order valence-electron chi connectivity index (χ3n) is 6.93. The molecule has 10 nitrogen and oxygen atoms in total. The predicted octanol–water partition coefficient (Wildman–Crippen LogP) is 6.78. The lowest BCUT2D eigenvalue weighted by atomic mass is 10.2. The summed E-state index contributed by atoms with van der Waals surface area (Å²) in [6.07, 6.45) is 4.58. The van der Waals surface area contributed by atoms with Crippen LogP contribution in [-0.2, 0) is 16.4 Å². The number of thiazole rings is 1. The van der Waals surface area contributed by atoms with E-state index in [1.807, 2.05) is 24.4 Å². The fourth-order valence-electron chi connectivity index (χ4n) is 4.56. The van der Waals surface area contributed by atoms with Crippen molar-refractivity contribution >= 4 is 55.2 Å². The molecule has 0 saturated heterocycles. The number of aromatic nitrogens is 5.